The van der Waals surface area contributed by atoms with Gasteiger partial charge in [-0.3, -0.25) is 24.3 Å². The van der Waals surface area contributed by atoms with Gasteiger partial charge in [-0.05, 0) is 36.7 Å². The highest BCUT2D eigenvalue weighted by Gasteiger charge is 2.34. The fourth-order valence-electron chi connectivity index (χ4n) is 2.98. The zero-order chi connectivity index (χ0) is 19.2. The number of hydrogen-bond donors (Lipinski definition) is 1. The number of fused-ring (bicyclic) bond motifs is 1. The van der Waals surface area contributed by atoms with Crippen LogP contribution in [-0.4, -0.2) is 38.7 Å². The van der Waals surface area contributed by atoms with E-state index < -0.39 is 5.97 Å². The first-order valence-electron chi connectivity index (χ1n) is 8.87. The molecule has 1 aliphatic rings. The average molecular weight is 384 g/mol. The number of benzene rings is 1. The second kappa shape index (κ2) is 8.81. The number of thioether (sulfide) groups is 1. The molecule has 0 saturated carbocycles. The van der Waals surface area contributed by atoms with Crippen molar-refractivity contribution in [1.29, 1.82) is 0 Å². The zero-order valence-electron chi connectivity index (χ0n) is 14.8. The molecule has 1 aromatic carbocycles. The number of carboxylic acid groups (broad SMARTS) is 1. The van der Waals surface area contributed by atoms with Gasteiger partial charge in [-0.15, -0.1) is 0 Å². The maximum Gasteiger partial charge on any atom is 0.303 e. The number of nitrogens with zero attached hydrogens (tertiary/aromatic N) is 2. The van der Waals surface area contributed by atoms with Crippen molar-refractivity contribution in [1.82, 2.24) is 9.88 Å². The molecule has 0 aliphatic carbocycles. The minimum Gasteiger partial charge on any atom is -0.481 e. The van der Waals surface area contributed by atoms with Crippen LogP contribution in [0, 0.1) is 0 Å². The molecule has 0 atom stereocenters. The van der Waals surface area contributed by atoms with Crippen LogP contribution in [0.3, 0.4) is 0 Å². The number of pyridine rings is 1. The lowest BCUT2D eigenvalue weighted by Crippen LogP contribution is -2.29. The van der Waals surface area contributed by atoms with Gasteiger partial charge < -0.3 is 5.11 Å². The molecule has 2 heterocycles. The molecule has 2 amide bonds. The second-order valence-corrected chi connectivity index (χ2v) is 7.31. The average Bonchev–Trinajstić information content (AvgIpc) is 2.91. The number of hydrogen-bond acceptors (Lipinski definition) is 5. The van der Waals surface area contributed by atoms with Crippen LogP contribution < -0.4 is 0 Å². The van der Waals surface area contributed by atoms with Gasteiger partial charge >= 0.3 is 5.97 Å². The summed E-state index contributed by atoms with van der Waals surface area (Å²) in [6.45, 7) is 0.364. The largest absolute Gasteiger partial charge is 0.481 e. The Morgan fingerprint density at radius 2 is 1.89 bits per heavy atom. The van der Waals surface area contributed by atoms with Crippen molar-refractivity contribution in [3.05, 3.63) is 47.0 Å². The number of amides is 2. The Balaban J connectivity index is 1.63. The summed E-state index contributed by atoms with van der Waals surface area (Å²) >= 11 is 0.950. The lowest BCUT2D eigenvalue weighted by molar-refractivity contribution is -0.137. The van der Waals surface area contributed by atoms with Gasteiger partial charge in [0, 0.05) is 30.1 Å². The third-order valence-electron chi connectivity index (χ3n) is 4.35. The Kier molecular flexibility index (Phi) is 6.24. The molecule has 7 heteroatoms. The number of carbonyl (C=O) groups is 3. The highest BCUT2D eigenvalue weighted by Crippen LogP contribution is 2.33. The molecule has 140 valence electrons. The van der Waals surface area contributed by atoms with Crippen molar-refractivity contribution in [3.63, 3.8) is 0 Å². The Morgan fingerprint density at radius 3 is 2.70 bits per heavy atom. The Morgan fingerprint density at radius 1 is 1.11 bits per heavy atom. The Hall–Kier alpha value is -2.67. The molecule has 0 bridgehead atoms. The van der Waals surface area contributed by atoms with Gasteiger partial charge in [0.15, 0.2) is 0 Å². The first-order valence-corrected chi connectivity index (χ1v) is 9.69. The highest BCUT2D eigenvalue weighted by atomic mass is 32.2. The van der Waals surface area contributed by atoms with E-state index in [4.69, 9.17) is 5.11 Å². The molecule has 0 radical (unpaired) electrons. The van der Waals surface area contributed by atoms with E-state index in [2.05, 4.69) is 4.98 Å². The quantitative estimate of drug-likeness (QED) is 0.539. The van der Waals surface area contributed by atoms with Crippen LogP contribution in [-0.2, 0) is 9.59 Å². The number of carbonyl (C=O) groups excluding carboxylic acids is 2. The summed E-state index contributed by atoms with van der Waals surface area (Å²) in [6, 6.07) is 9.55. The molecule has 1 N–H and O–H groups in total. The van der Waals surface area contributed by atoms with Crippen molar-refractivity contribution < 1.29 is 19.5 Å². The lowest BCUT2D eigenvalue weighted by atomic mass is 10.1. The van der Waals surface area contributed by atoms with Gasteiger partial charge in [0.1, 0.15) is 0 Å². The minimum atomic E-state index is -0.797. The van der Waals surface area contributed by atoms with Crippen LogP contribution in [0.5, 0.6) is 0 Å². The van der Waals surface area contributed by atoms with E-state index in [1.165, 1.54) is 4.90 Å². The lowest BCUT2D eigenvalue weighted by Gasteiger charge is -2.11. The molecule has 1 aromatic heterocycles. The fraction of sp³-hybridized carbons (Fsp3) is 0.300. The van der Waals surface area contributed by atoms with Crippen molar-refractivity contribution in [2.45, 2.75) is 32.1 Å². The van der Waals surface area contributed by atoms with E-state index in [9.17, 15) is 14.4 Å². The summed E-state index contributed by atoms with van der Waals surface area (Å²) < 4.78 is 0. The molecule has 1 aliphatic heterocycles. The first kappa shape index (κ1) is 19.1. The molecular weight excluding hydrogens is 364 g/mol. The predicted octanol–water partition coefficient (Wildman–Crippen LogP) is 4.31. The van der Waals surface area contributed by atoms with E-state index in [1.807, 2.05) is 30.3 Å². The summed E-state index contributed by atoms with van der Waals surface area (Å²) in [6.07, 6.45) is 6.46. The van der Waals surface area contributed by atoms with Crippen molar-refractivity contribution in [3.8, 4) is 0 Å². The monoisotopic (exact) mass is 384 g/mol. The third kappa shape index (κ3) is 4.74. The SMILES string of the molecule is O=C(O)CCCCCCN1C(=O)SC(=Cc2cccc3cccnc23)C1=O. The number of aliphatic carboxylic acids is 1. The summed E-state index contributed by atoms with van der Waals surface area (Å²) in [5.74, 6) is -1.07. The van der Waals surface area contributed by atoms with Crippen molar-refractivity contribution >= 4 is 45.9 Å². The maximum atomic E-state index is 12.6. The number of rotatable bonds is 8. The summed E-state index contributed by atoms with van der Waals surface area (Å²) in [4.78, 5) is 41.3. The highest BCUT2D eigenvalue weighted by molar-refractivity contribution is 8.18. The van der Waals surface area contributed by atoms with Crippen LogP contribution in [0.2, 0.25) is 0 Å². The number of imide groups is 1. The molecule has 6 nitrogen and oxygen atoms in total. The molecule has 3 rings (SSSR count). The number of unbranched alkanes of at least 4 members (excludes halogenated alkanes) is 3. The zero-order valence-corrected chi connectivity index (χ0v) is 15.6. The normalized spacial score (nSPS) is 15.9. The molecule has 1 fully saturated rings. The van der Waals surface area contributed by atoms with Gasteiger partial charge in [0.25, 0.3) is 11.1 Å². The summed E-state index contributed by atoms with van der Waals surface area (Å²) in [7, 11) is 0. The topological polar surface area (TPSA) is 87.6 Å². The first-order chi connectivity index (χ1) is 13.1. The second-order valence-electron chi connectivity index (χ2n) is 6.31. The molecule has 0 unspecified atom stereocenters. The van der Waals surface area contributed by atoms with E-state index in [-0.39, 0.29) is 17.6 Å². The molecule has 0 spiro atoms. The summed E-state index contributed by atoms with van der Waals surface area (Å²) in [5, 5.41) is 9.34. The van der Waals surface area contributed by atoms with Gasteiger partial charge in [-0.1, -0.05) is 37.1 Å². The fourth-order valence-corrected chi connectivity index (χ4v) is 3.83. The molecule has 1 saturated heterocycles. The number of carboxylic acids is 1. The number of para-hydroxylation sites is 1. The van der Waals surface area contributed by atoms with E-state index in [0.29, 0.717) is 24.3 Å². The molecule has 27 heavy (non-hydrogen) atoms. The standard InChI is InChI=1S/C20H20N2O4S/c23-17(24)10-3-1-2-4-12-22-19(25)16(27-20(22)26)13-15-8-5-7-14-9-6-11-21-18(14)15/h5-9,11,13H,1-4,10,12H2,(H,23,24). The van der Waals surface area contributed by atoms with Gasteiger partial charge in [-0.2, -0.15) is 0 Å². The van der Waals surface area contributed by atoms with Gasteiger partial charge in [-0.25, -0.2) is 0 Å². The van der Waals surface area contributed by atoms with E-state index >= 15 is 0 Å². The van der Waals surface area contributed by atoms with Crippen molar-refractivity contribution in [2.24, 2.45) is 0 Å². The number of aromatic nitrogens is 1. The molecular formula is C20H20N2O4S. The summed E-state index contributed by atoms with van der Waals surface area (Å²) in [5.41, 5.74) is 1.61. The van der Waals surface area contributed by atoms with Crippen LogP contribution in [0.1, 0.15) is 37.7 Å². The van der Waals surface area contributed by atoms with Crippen LogP contribution in [0.4, 0.5) is 4.79 Å². The minimum absolute atomic E-state index is 0.156. The van der Waals surface area contributed by atoms with Crippen LogP contribution in [0.15, 0.2) is 41.4 Å². The van der Waals surface area contributed by atoms with Gasteiger partial charge in [0.05, 0.1) is 10.4 Å². The Labute approximate surface area is 161 Å². The van der Waals surface area contributed by atoms with E-state index in [0.717, 1.165) is 41.1 Å². The third-order valence-corrected chi connectivity index (χ3v) is 5.25. The van der Waals surface area contributed by atoms with Crippen LogP contribution in [0.25, 0.3) is 17.0 Å². The molecule has 2 aromatic rings. The maximum absolute atomic E-state index is 12.6. The predicted molar refractivity (Wildman–Crippen MR) is 105 cm³/mol. The smallest absolute Gasteiger partial charge is 0.303 e. The Bertz CT molecular complexity index is 904. The van der Waals surface area contributed by atoms with Crippen molar-refractivity contribution in [2.75, 3.05) is 6.54 Å². The van der Waals surface area contributed by atoms with Crippen LogP contribution >= 0.6 is 11.8 Å². The van der Waals surface area contributed by atoms with Gasteiger partial charge in [0.2, 0.25) is 0 Å². The van der Waals surface area contributed by atoms with E-state index in [1.54, 1.807) is 12.3 Å².